The van der Waals surface area contributed by atoms with Crippen molar-refractivity contribution >= 4 is 10.0 Å². The van der Waals surface area contributed by atoms with Crippen molar-refractivity contribution in [3.8, 4) is 0 Å². The molecule has 3 N–H and O–H groups in total. The lowest BCUT2D eigenvalue weighted by molar-refractivity contribution is 0.406. The van der Waals surface area contributed by atoms with Gasteiger partial charge in [-0.2, -0.15) is 0 Å². The molecule has 1 atom stereocenters. The number of rotatable bonds is 5. The van der Waals surface area contributed by atoms with E-state index < -0.39 is 10.0 Å². The number of primary sulfonamides is 1. The van der Waals surface area contributed by atoms with Crippen molar-refractivity contribution in [3.63, 3.8) is 0 Å². The van der Waals surface area contributed by atoms with Gasteiger partial charge in [-0.15, -0.1) is 0 Å². The normalized spacial score (nSPS) is 13.4. The van der Waals surface area contributed by atoms with Gasteiger partial charge in [-0.3, -0.25) is 0 Å². The van der Waals surface area contributed by atoms with Gasteiger partial charge in [0.15, 0.2) is 0 Å². The second-order valence-electron chi connectivity index (χ2n) is 4.21. The summed E-state index contributed by atoms with van der Waals surface area (Å²) in [5, 5.41) is 12.1. The van der Waals surface area contributed by atoms with Crippen molar-refractivity contribution < 1.29 is 12.9 Å². The third-order valence-corrected chi connectivity index (χ3v) is 3.68. The van der Waals surface area contributed by atoms with Gasteiger partial charge >= 0.3 is 0 Å². The second-order valence-corrected chi connectivity index (χ2v) is 5.77. The lowest BCUT2D eigenvalue weighted by Crippen LogP contribution is -2.19. The molecule has 1 aromatic heterocycles. The molecule has 0 bridgehead atoms. The van der Waals surface area contributed by atoms with Crippen LogP contribution < -0.4 is 10.5 Å². The number of hydrogen-bond acceptors (Lipinski definition) is 5. The Morgan fingerprint density at radius 3 is 2.84 bits per heavy atom. The van der Waals surface area contributed by atoms with Crippen LogP contribution in [0.15, 0.2) is 46.0 Å². The van der Waals surface area contributed by atoms with Crippen molar-refractivity contribution in [1.82, 2.24) is 10.5 Å². The first-order chi connectivity index (χ1) is 8.97. The maximum Gasteiger partial charge on any atom is 0.238 e. The van der Waals surface area contributed by atoms with Crippen LogP contribution in [0.4, 0.5) is 0 Å². The van der Waals surface area contributed by atoms with Crippen LogP contribution in [-0.2, 0) is 16.6 Å². The van der Waals surface area contributed by atoms with Crippen LogP contribution in [0.3, 0.4) is 0 Å². The number of sulfonamides is 1. The van der Waals surface area contributed by atoms with Gasteiger partial charge in [0.05, 0.1) is 10.6 Å². The summed E-state index contributed by atoms with van der Waals surface area (Å²) in [4.78, 5) is 0.111. The van der Waals surface area contributed by atoms with Gasteiger partial charge in [-0.1, -0.05) is 17.3 Å². The lowest BCUT2D eigenvalue weighted by Gasteiger charge is -2.13. The van der Waals surface area contributed by atoms with Crippen molar-refractivity contribution in [2.75, 3.05) is 0 Å². The predicted octanol–water partition coefficient (Wildman–Crippen LogP) is 1.17. The molecule has 0 saturated carbocycles. The highest BCUT2D eigenvalue weighted by Gasteiger charge is 2.11. The topological polar surface area (TPSA) is 98.2 Å². The van der Waals surface area contributed by atoms with E-state index in [2.05, 4.69) is 10.5 Å². The summed E-state index contributed by atoms with van der Waals surface area (Å²) >= 11 is 0. The van der Waals surface area contributed by atoms with Crippen LogP contribution in [0.2, 0.25) is 0 Å². The van der Waals surface area contributed by atoms with Crippen LogP contribution in [0.25, 0.3) is 0 Å². The van der Waals surface area contributed by atoms with E-state index in [1.807, 2.05) is 13.0 Å². The molecule has 2 aromatic rings. The molecule has 7 heteroatoms. The molecule has 0 aliphatic rings. The molecule has 0 radical (unpaired) electrons. The quantitative estimate of drug-likeness (QED) is 0.857. The van der Waals surface area contributed by atoms with Crippen molar-refractivity contribution in [2.24, 2.45) is 5.14 Å². The third kappa shape index (κ3) is 3.63. The van der Waals surface area contributed by atoms with E-state index in [-0.39, 0.29) is 10.9 Å². The molecular formula is C12H15N3O3S. The van der Waals surface area contributed by atoms with Gasteiger partial charge in [0.25, 0.3) is 0 Å². The SMILES string of the molecule is CC(NCc1ccon1)c1cccc(S(N)(=O)=O)c1. The number of nitrogens with one attached hydrogen (secondary N) is 1. The van der Waals surface area contributed by atoms with Crippen molar-refractivity contribution in [2.45, 2.75) is 24.4 Å². The van der Waals surface area contributed by atoms with Gasteiger partial charge in [0.2, 0.25) is 10.0 Å². The Hall–Kier alpha value is -1.70. The summed E-state index contributed by atoms with van der Waals surface area (Å²) in [7, 11) is -3.67. The first kappa shape index (κ1) is 13.7. The Balaban J connectivity index is 2.09. The predicted molar refractivity (Wildman–Crippen MR) is 69.6 cm³/mol. The average Bonchev–Trinajstić information content (AvgIpc) is 2.88. The monoisotopic (exact) mass is 281 g/mol. The maximum atomic E-state index is 11.3. The Labute approximate surface area is 111 Å². The summed E-state index contributed by atoms with van der Waals surface area (Å²) < 4.78 is 27.3. The third-order valence-electron chi connectivity index (χ3n) is 2.77. The van der Waals surface area contributed by atoms with E-state index in [9.17, 15) is 8.42 Å². The summed E-state index contributed by atoms with van der Waals surface area (Å²) in [6, 6.07) is 8.29. The highest BCUT2D eigenvalue weighted by Crippen LogP contribution is 2.17. The highest BCUT2D eigenvalue weighted by molar-refractivity contribution is 7.89. The summed E-state index contributed by atoms with van der Waals surface area (Å²) in [6.07, 6.45) is 1.50. The average molecular weight is 281 g/mol. The fourth-order valence-corrected chi connectivity index (χ4v) is 2.23. The summed E-state index contributed by atoms with van der Waals surface area (Å²) in [6.45, 7) is 2.47. The minimum Gasteiger partial charge on any atom is -0.364 e. The molecule has 6 nitrogen and oxygen atoms in total. The van der Waals surface area contributed by atoms with Crippen LogP contribution in [0.1, 0.15) is 24.2 Å². The van der Waals surface area contributed by atoms with Crippen molar-refractivity contribution in [3.05, 3.63) is 47.9 Å². The molecule has 0 spiro atoms. The minimum atomic E-state index is -3.67. The van der Waals surface area contributed by atoms with E-state index >= 15 is 0 Å². The molecule has 102 valence electrons. The van der Waals surface area contributed by atoms with Crippen LogP contribution in [0, 0.1) is 0 Å². The molecule has 0 fully saturated rings. The maximum absolute atomic E-state index is 11.3. The molecule has 1 unspecified atom stereocenters. The minimum absolute atomic E-state index is 0.0293. The van der Waals surface area contributed by atoms with E-state index in [0.717, 1.165) is 11.3 Å². The first-order valence-electron chi connectivity index (χ1n) is 5.72. The number of aromatic nitrogens is 1. The Morgan fingerprint density at radius 2 is 2.21 bits per heavy atom. The van der Waals surface area contributed by atoms with Crippen LogP contribution >= 0.6 is 0 Å². The van der Waals surface area contributed by atoms with Crippen molar-refractivity contribution in [1.29, 1.82) is 0 Å². The van der Waals surface area contributed by atoms with Gasteiger partial charge in [0.1, 0.15) is 6.26 Å². The molecule has 0 saturated heterocycles. The number of hydrogen-bond donors (Lipinski definition) is 2. The summed E-state index contributed by atoms with van der Waals surface area (Å²) in [5.41, 5.74) is 1.63. The largest absolute Gasteiger partial charge is 0.364 e. The van der Waals surface area contributed by atoms with Gasteiger partial charge in [0, 0.05) is 18.7 Å². The fourth-order valence-electron chi connectivity index (χ4n) is 1.67. The van der Waals surface area contributed by atoms with Gasteiger partial charge in [-0.25, -0.2) is 13.6 Å². The van der Waals surface area contributed by atoms with E-state index in [0.29, 0.717) is 6.54 Å². The molecule has 0 aliphatic carbocycles. The van der Waals surface area contributed by atoms with Gasteiger partial charge < -0.3 is 9.84 Å². The zero-order valence-corrected chi connectivity index (χ0v) is 11.2. The molecule has 1 heterocycles. The molecule has 1 aromatic carbocycles. The molecule has 0 aliphatic heterocycles. The smallest absolute Gasteiger partial charge is 0.238 e. The zero-order valence-electron chi connectivity index (χ0n) is 10.4. The Bertz CT molecular complexity index is 638. The van der Waals surface area contributed by atoms with E-state index in [1.165, 1.54) is 12.3 Å². The standard InChI is InChI=1S/C12H15N3O3S/c1-9(14-8-11-5-6-18-15-11)10-3-2-4-12(7-10)19(13,16)17/h2-7,9,14H,8H2,1H3,(H2,13,16,17). The van der Waals surface area contributed by atoms with E-state index in [4.69, 9.17) is 9.66 Å². The second kappa shape index (κ2) is 5.52. The molecule has 19 heavy (non-hydrogen) atoms. The molecular weight excluding hydrogens is 266 g/mol. The Kier molecular flexibility index (Phi) is 3.98. The number of nitrogens with zero attached hydrogens (tertiary/aromatic N) is 1. The van der Waals surface area contributed by atoms with Gasteiger partial charge in [-0.05, 0) is 24.6 Å². The lowest BCUT2D eigenvalue weighted by atomic mass is 10.1. The van der Waals surface area contributed by atoms with Crippen LogP contribution in [-0.4, -0.2) is 13.6 Å². The van der Waals surface area contributed by atoms with E-state index in [1.54, 1.807) is 18.2 Å². The molecule has 2 rings (SSSR count). The summed E-state index contributed by atoms with van der Waals surface area (Å²) in [5.74, 6) is 0. The first-order valence-corrected chi connectivity index (χ1v) is 7.27. The number of benzene rings is 1. The fraction of sp³-hybridized carbons (Fsp3) is 0.250. The van der Waals surface area contributed by atoms with Crippen LogP contribution in [0.5, 0.6) is 0 Å². The number of nitrogens with two attached hydrogens (primary N) is 1. The highest BCUT2D eigenvalue weighted by atomic mass is 32.2. The zero-order chi connectivity index (χ0) is 13.9. The Morgan fingerprint density at radius 1 is 1.42 bits per heavy atom. The molecule has 0 amide bonds.